The second-order valence-electron chi connectivity index (χ2n) is 9.67. The Balaban J connectivity index is 1.52. The Kier molecular flexibility index (Phi) is 6.45. The van der Waals surface area contributed by atoms with Crippen molar-refractivity contribution in [2.75, 3.05) is 11.1 Å². The lowest BCUT2D eigenvalue weighted by atomic mass is 9.93. The summed E-state index contributed by atoms with van der Waals surface area (Å²) >= 11 is 0. The number of nitrogens with zero attached hydrogens (tertiary/aromatic N) is 2. The lowest BCUT2D eigenvalue weighted by Crippen LogP contribution is -2.32. The number of nitrogen functional groups attached to an aromatic ring is 1. The number of rotatable bonds is 6. The van der Waals surface area contributed by atoms with Crippen molar-refractivity contribution in [2.45, 2.75) is 45.7 Å². The van der Waals surface area contributed by atoms with E-state index in [2.05, 4.69) is 15.7 Å². The zero-order valence-electron chi connectivity index (χ0n) is 20.6. The van der Waals surface area contributed by atoms with Gasteiger partial charge >= 0.3 is 0 Å². The molecule has 9 nitrogen and oxygen atoms in total. The molecule has 2 aliphatic rings. The van der Waals surface area contributed by atoms with E-state index >= 15 is 0 Å². The number of carbonyl (C=O) groups is 2. The van der Waals surface area contributed by atoms with Crippen LogP contribution in [0.25, 0.3) is 0 Å². The van der Waals surface area contributed by atoms with E-state index in [0.29, 0.717) is 39.6 Å². The average Bonchev–Trinajstić information content (AvgIpc) is 3.27. The van der Waals surface area contributed by atoms with Gasteiger partial charge in [0.1, 0.15) is 17.3 Å². The number of halogens is 1. The number of allylic oxidation sites excluding steroid dienone is 1. The third kappa shape index (κ3) is 5.02. The predicted octanol–water partition coefficient (Wildman–Crippen LogP) is 3.11. The number of dihydropyridines is 1. The number of hydrogen-bond acceptors (Lipinski definition) is 6. The molecule has 2 heterocycles. The predicted molar refractivity (Wildman–Crippen MR) is 135 cm³/mol. The summed E-state index contributed by atoms with van der Waals surface area (Å²) in [6, 6.07) is 2.95. The number of carbonyl (C=O) groups excluding carboxylic acids is 2. The Hall–Kier alpha value is -4.34. The minimum atomic E-state index is -0.864. The normalized spacial score (nSPS) is 17.1. The summed E-state index contributed by atoms with van der Waals surface area (Å²) in [5.41, 5.74) is 14.1. The van der Waals surface area contributed by atoms with Crippen molar-refractivity contribution >= 4 is 23.2 Å². The monoisotopic (exact) mass is 492 g/mol. The van der Waals surface area contributed by atoms with E-state index in [1.54, 1.807) is 48.4 Å². The summed E-state index contributed by atoms with van der Waals surface area (Å²) in [5.74, 6) is -0.882. The fourth-order valence-corrected chi connectivity index (χ4v) is 3.89. The largest absolute Gasteiger partial charge is 0.457 e. The van der Waals surface area contributed by atoms with E-state index in [0.717, 1.165) is 0 Å². The molecule has 0 saturated carbocycles. The Morgan fingerprint density at radius 3 is 2.72 bits per heavy atom. The molecule has 0 spiro atoms. The molecule has 2 aromatic rings. The third-order valence-electron chi connectivity index (χ3n) is 5.95. The van der Waals surface area contributed by atoms with E-state index in [-0.39, 0.29) is 23.4 Å². The van der Waals surface area contributed by atoms with Crippen molar-refractivity contribution in [2.24, 2.45) is 5.73 Å². The molecule has 6 N–H and O–H groups in total. The first kappa shape index (κ1) is 24.8. The quantitative estimate of drug-likeness (QED) is 0.457. The second-order valence-corrected chi connectivity index (χ2v) is 9.67. The number of ether oxygens (including phenoxy) is 1. The highest BCUT2D eigenvalue weighted by Gasteiger charge is 2.27. The van der Waals surface area contributed by atoms with Crippen LogP contribution < -0.4 is 26.8 Å². The second kappa shape index (κ2) is 9.37. The molecule has 0 fully saturated rings. The number of fused-ring (bicyclic) bond motifs is 1. The van der Waals surface area contributed by atoms with Crippen LogP contribution in [0.4, 0.5) is 15.8 Å². The number of benzene rings is 1. The number of aromatic nitrogens is 2. The van der Waals surface area contributed by atoms with Crippen molar-refractivity contribution in [3.8, 4) is 5.75 Å². The van der Waals surface area contributed by atoms with Gasteiger partial charge in [-0.1, -0.05) is 6.07 Å². The van der Waals surface area contributed by atoms with Gasteiger partial charge in [-0.2, -0.15) is 5.10 Å². The number of anilines is 2. The standard InChI is InChI=1S/C26H29FN6O3/c1-14-21(36-22-7-8-30-20-11-19(27)17(25(29)35)10-18(20)22)6-5-15(24(14)28)9-23(34)32-16-12-31-33(13-16)26(2,3)4/h5-8,10-13,20,30H,9,28H2,1-4H3,(H2,29,35)(H,32,34). The Morgan fingerprint density at radius 1 is 1.31 bits per heavy atom. The van der Waals surface area contributed by atoms with Gasteiger partial charge in [-0.15, -0.1) is 0 Å². The highest BCUT2D eigenvalue weighted by atomic mass is 19.1. The summed E-state index contributed by atoms with van der Waals surface area (Å²) in [6.45, 7) is 7.85. The number of nitrogens with two attached hydrogens (primary N) is 2. The molecule has 0 radical (unpaired) electrons. The molecule has 1 aliphatic heterocycles. The highest BCUT2D eigenvalue weighted by Crippen LogP contribution is 2.33. The van der Waals surface area contributed by atoms with Gasteiger partial charge in [0, 0.05) is 29.2 Å². The van der Waals surface area contributed by atoms with E-state index < -0.39 is 17.8 Å². The highest BCUT2D eigenvalue weighted by molar-refractivity contribution is 5.97. The van der Waals surface area contributed by atoms with Crippen LogP contribution in [0.1, 0.15) is 31.9 Å². The minimum Gasteiger partial charge on any atom is -0.457 e. The molecule has 1 aliphatic carbocycles. The van der Waals surface area contributed by atoms with Gasteiger partial charge in [-0.3, -0.25) is 14.3 Å². The molecule has 10 heteroatoms. The first-order chi connectivity index (χ1) is 16.9. The van der Waals surface area contributed by atoms with E-state index in [4.69, 9.17) is 16.2 Å². The first-order valence-electron chi connectivity index (χ1n) is 11.4. The Bertz CT molecular complexity index is 1360. The molecule has 0 bridgehead atoms. The van der Waals surface area contributed by atoms with E-state index in [9.17, 15) is 14.0 Å². The van der Waals surface area contributed by atoms with Gasteiger partial charge in [0.05, 0.1) is 35.5 Å². The van der Waals surface area contributed by atoms with Gasteiger partial charge in [0.15, 0.2) is 0 Å². The molecular weight excluding hydrogens is 463 g/mol. The smallest absolute Gasteiger partial charge is 0.251 e. The molecular formula is C26H29FN6O3. The molecule has 0 saturated heterocycles. The van der Waals surface area contributed by atoms with Crippen LogP contribution in [0, 0.1) is 6.92 Å². The van der Waals surface area contributed by atoms with Gasteiger partial charge in [-0.25, -0.2) is 4.39 Å². The summed E-state index contributed by atoms with van der Waals surface area (Å²) < 4.78 is 22.1. The zero-order chi connectivity index (χ0) is 26.2. The number of nitrogens with one attached hydrogen (secondary N) is 2. The van der Waals surface area contributed by atoms with Crippen molar-refractivity contribution in [1.82, 2.24) is 15.1 Å². The van der Waals surface area contributed by atoms with E-state index in [1.165, 1.54) is 12.2 Å². The van der Waals surface area contributed by atoms with Gasteiger partial charge in [0.25, 0.3) is 5.91 Å². The van der Waals surface area contributed by atoms with Gasteiger partial charge < -0.3 is 26.8 Å². The average molecular weight is 493 g/mol. The maximum absolute atomic E-state index is 14.2. The zero-order valence-corrected chi connectivity index (χ0v) is 20.6. The molecule has 4 rings (SSSR count). The van der Waals surface area contributed by atoms with Crippen molar-refractivity contribution in [3.63, 3.8) is 0 Å². The molecule has 2 amide bonds. The lowest BCUT2D eigenvalue weighted by molar-refractivity contribution is -0.116. The summed E-state index contributed by atoms with van der Waals surface area (Å²) in [5, 5.41) is 10.1. The van der Waals surface area contributed by atoms with Crippen molar-refractivity contribution in [3.05, 3.63) is 82.8 Å². The summed E-state index contributed by atoms with van der Waals surface area (Å²) in [4.78, 5) is 24.2. The van der Waals surface area contributed by atoms with Crippen LogP contribution in [-0.4, -0.2) is 27.6 Å². The van der Waals surface area contributed by atoms with Crippen LogP contribution in [-0.2, 0) is 21.5 Å². The molecule has 1 unspecified atom stereocenters. The molecule has 1 atom stereocenters. The SMILES string of the molecule is Cc1c(OC2=C3C=C(C(N)=O)C(F)=CC3NC=C2)ccc(CC(=O)Nc2cnn(C(C)(C)C)c2)c1N. The van der Waals surface area contributed by atoms with Crippen molar-refractivity contribution < 1.29 is 18.7 Å². The number of primary amides is 1. The summed E-state index contributed by atoms with van der Waals surface area (Å²) in [6.07, 6.45) is 9.42. The maximum atomic E-state index is 14.2. The summed E-state index contributed by atoms with van der Waals surface area (Å²) in [7, 11) is 0. The molecule has 1 aromatic heterocycles. The Morgan fingerprint density at radius 2 is 2.06 bits per heavy atom. The third-order valence-corrected chi connectivity index (χ3v) is 5.95. The fourth-order valence-electron chi connectivity index (χ4n) is 3.89. The first-order valence-corrected chi connectivity index (χ1v) is 11.4. The number of hydrogen-bond donors (Lipinski definition) is 4. The Labute approximate surface area is 208 Å². The van der Waals surface area contributed by atoms with Gasteiger partial charge in [-0.05, 0) is 57.6 Å². The molecule has 1 aromatic carbocycles. The molecule has 188 valence electrons. The van der Waals surface area contributed by atoms with Crippen molar-refractivity contribution in [1.29, 1.82) is 0 Å². The molecule has 36 heavy (non-hydrogen) atoms. The fraction of sp³-hybridized carbons (Fsp3) is 0.269. The minimum absolute atomic E-state index is 0.0717. The van der Waals surface area contributed by atoms with Crippen LogP contribution in [0.15, 0.2) is 71.7 Å². The lowest BCUT2D eigenvalue weighted by Gasteiger charge is -2.26. The topological polar surface area (TPSA) is 137 Å². The van der Waals surface area contributed by atoms with Crippen LogP contribution >= 0.6 is 0 Å². The van der Waals surface area contributed by atoms with Crippen LogP contribution in [0.3, 0.4) is 0 Å². The van der Waals surface area contributed by atoms with Crippen LogP contribution in [0.5, 0.6) is 5.75 Å². The van der Waals surface area contributed by atoms with Gasteiger partial charge in [0.2, 0.25) is 5.91 Å². The maximum Gasteiger partial charge on any atom is 0.251 e. The number of amides is 2. The van der Waals surface area contributed by atoms with Crippen LogP contribution in [0.2, 0.25) is 0 Å². The van der Waals surface area contributed by atoms with E-state index in [1.807, 2.05) is 20.8 Å².